The van der Waals surface area contributed by atoms with Crippen LogP contribution in [0, 0.1) is 0 Å². The van der Waals surface area contributed by atoms with Crippen LogP contribution in [0.1, 0.15) is 18.4 Å². The van der Waals surface area contributed by atoms with Gasteiger partial charge in [-0.05, 0) is 42.3 Å². The Balaban J connectivity index is 1.49. The standard InChI is InChI=1S/C22H23ClN2O5/c1-28-14-3-5-19(29-2)16(10-14)12-7-13-8-15(30-21(13)17(23)9-12)11-24-22(27)18-4-6-20(26)25-18/h3,5,7,9-10,15,18H,4,6,8,11H2,1-2H3,(H,24,27)(H,25,26)/t15-,18+/m0/s1. The molecule has 0 aromatic heterocycles. The molecule has 2 aromatic carbocycles. The number of fused-ring (bicyclic) bond motifs is 1. The summed E-state index contributed by atoms with van der Waals surface area (Å²) in [5.41, 5.74) is 2.74. The molecule has 0 spiro atoms. The number of ether oxygens (including phenoxy) is 3. The molecule has 2 heterocycles. The first kappa shape index (κ1) is 20.3. The van der Waals surface area contributed by atoms with Gasteiger partial charge in [0.25, 0.3) is 0 Å². The first-order chi connectivity index (χ1) is 14.5. The highest BCUT2D eigenvalue weighted by Gasteiger charge is 2.30. The zero-order valence-corrected chi connectivity index (χ0v) is 17.5. The lowest BCUT2D eigenvalue weighted by Gasteiger charge is -2.15. The Labute approximate surface area is 179 Å². The van der Waals surface area contributed by atoms with Gasteiger partial charge in [0.2, 0.25) is 11.8 Å². The number of hydrogen-bond donors (Lipinski definition) is 2. The van der Waals surface area contributed by atoms with E-state index in [0.29, 0.717) is 42.3 Å². The minimum Gasteiger partial charge on any atom is -0.497 e. The Morgan fingerprint density at radius 3 is 2.80 bits per heavy atom. The molecule has 7 nitrogen and oxygen atoms in total. The second-order valence-electron chi connectivity index (χ2n) is 7.36. The Morgan fingerprint density at radius 2 is 2.10 bits per heavy atom. The predicted octanol–water partition coefficient (Wildman–Crippen LogP) is 2.72. The van der Waals surface area contributed by atoms with E-state index < -0.39 is 6.04 Å². The fraction of sp³-hybridized carbons (Fsp3) is 0.364. The molecule has 0 radical (unpaired) electrons. The smallest absolute Gasteiger partial charge is 0.242 e. The van der Waals surface area contributed by atoms with Gasteiger partial charge in [0.05, 0.1) is 25.8 Å². The average molecular weight is 431 g/mol. The summed E-state index contributed by atoms with van der Waals surface area (Å²) in [4.78, 5) is 23.5. The van der Waals surface area contributed by atoms with Crippen LogP contribution in [0.3, 0.4) is 0 Å². The normalized spacial score (nSPS) is 19.6. The van der Waals surface area contributed by atoms with Crippen LogP contribution in [0.2, 0.25) is 5.02 Å². The first-order valence-electron chi connectivity index (χ1n) is 9.77. The summed E-state index contributed by atoms with van der Waals surface area (Å²) in [7, 11) is 3.24. The van der Waals surface area contributed by atoms with Gasteiger partial charge in [0, 0.05) is 24.0 Å². The maximum Gasteiger partial charge on any atom is 0.242 e. The van der Waals surface area contributed by atoms with Crippen LogP contribution < -0.4 is 24.8 Å². The molecule has 0 bridgehead atoms. The second kappa shape index (κ2) is 8.44. The lowest BCUT2D eigenvalue weighted by molar-refractivity contribution is -0.126. The van der Waals surface area contributed by atoms with E-state index in [1.54, 1.807) is 14.2 Å². The molecular weight excluding hydrogens is 408 g/mol. The van der Waals surface area contributed by atoms with Crippen molar-refractivity contribution in [1.29, 1.82) is 0 Å². The van der Waals surface area contributed by atoms with Crippen LogP contribution in [0.25, 0.3) is 11.1 Å². The number of carbonyl (C=O) groups is 2. The van der Waals surface area contributed by atoms with Gasteiger partial charge in [-0.15, -0.1) is 0 Å². The van der Waals surface area contributed by atoms with Gasteiger partial charge in [-0.2, -0.15) is 0 Å². The second-order valence-corrected chi connectivity index (χ2v) is 7.77. The molecule has 2 aliphatic heterocycles. The van der Waals surface area contributed by atoms with Crippen molar-refractivity contribution in [3.8, 4) is 28.4 Å². The van der Waals surface area contributed by atoms with Crippen molar-refractivity contribution < 1.29 is 23.8 Å². The minimum atomic E-state index is -0.461. The largest absolute Gasteiger partial charge is 0.497 e. The van der Waals surface area contributed by atoms with Crippen molar-refractivity contribution in [3.63, 3.8) is 0 Å². The zero-order chi connectivity index (χ0) is 21.3. The van der Waals surface area contributed by atoms with Crippen molar-refractivity contribution in [1.82, 2.24) is 10.6 Å². The van der Waals surface area contributed by atoms with Gasteiger partial charge < -0.3 is 24.8 Å². The van der Waals surface area contributed by atoms with Gasteiger partial charge in [-0.1, -0.05) is 11.6 Å². The van der Waals surface area contributed by atoms with E-state index >= 15 is 0 Å². The van der Waals surface area contributed by atoms with Gasteiger partial charge in [0.1, 0.15) is 29.4 Å². The van der Waals surface area contributed by atoms with Crippen LogP contribution >= 0.6 is 11.6 Å². The molecule has 0 unspecified atom stereocenters. The van der Waals surface area contributed by atoms with Gasteiger partial charge in [0.15, 0.2) is 0 Å². The van der Waals surface area contributed by atoms with Crippen LogP contribution in [-0.2, 0) is 16.0 Å². The lowest BCUT2D eigenvalue weighted by Crippen LogP contribution is -2.44. The number of amides is 2. The van der Waals surface area contributed by atoms with E-state index in [2.05, 4.69) is 10.6 Å². The Bertz CT molecular complexity index is 994. The van der Waals surface area contributed by atoms with E-state index in [4.69, 9.17) is 25.8 Å². The summed E-state index contributed by atoms with van der Waals surface area (Å²) >= 11 is 6.51. The summed E-state index contributed by atoms with van der Waals surface area (Å²) in [6.07, 6.45) is 1.30. The zero-order valence-electron chi connectivity index (χ0n) is 16.8. The molecule has 2 atom stereocenters. The molecule has 30 heavy (non-hydrogen) atoms. The third kappa shape index (κ3) is 4.03. The van der Waals surface area contributed by atoms with E-state index in [-0.39, 0.29) is 17.9 Å². The number of methoxy groups -OCH3 is 2. The maximum absolute atomic E-state index is 12.2. The van der Waals surface area contributed by atoms with E-state index in [9.17, 15) is 9.59 Å². The van der Waals surface area contributed by atoms with Crippen molar-refractivity contribution in [2.75, 3.05) is 20.8 Å². The fourth-order valence-corrected chi connectivity index (χ4v) is 4.13. The van der Waals surface area contributed by atoms with Crippen molar-refractivity contribution in [3.05, 3.63) is 40.9 Å². The summed E-state index contributed by atoms with van der Waals surface area (Å²) in [5, 5.41) is 6.03. The topological polar surface area (TPSA) is 85.9 Å². The average Bonchev–Trinajstić information content (AvgIpc) is 3.37. The van der Waals surface area contributed by atoms with Crippen LogP contribution in [0.4, 0.5) is 0 Å². The molecule has 1 saturated heterocycles. The van der Waals surface area contributed by atoms with E-state index in [1.165, 1.54) is 0 Å². The SMILES string of the molecule is COc1ccc(OC)c(-c2cc(Cl)c3c(c2)C[C@@H](CNC(=O)[C@H]2CCC(=O)N2)O3)c1. The van der Waals surface area contributed by atoms with Crippen LogP contribution in [-0.4, -0.2) is 44.7 Å². The highest BCUT2D eigenvalue weighted by Crippen LogP contribution is 2.42. The Kier molecular flexibility index (Phi) is 5.72. The van der Waals surface area contributed by atoms with Gasteiger partial charge >= 0.3 is 0 Å². The van der Waals surface area contributed by atoms with Gasteiger partial charge in [-0.25, -0.2) is 0 Å². The Morgan fingerprint density at radius 1 is 1.27 bits per heavy atom. The molecule has 2 N–H and O–H groups in total. The van der Waals surface area contributed by atoms with Crippen LogP contribution in [0.5, 0.6) is 17.2 Å². The molecule has 0 aliphatic carbocycles. The summed E-state index contributed by atoms with van der Waals surface area (Å²) in [6, 6.07) is 9.00. The lowest BCUT2D eigenvalue weighted by atomic mass is 9.99. The third-order valence-electron chi connectivity index (χ3n) is 5.39. The predicted molar refractivity (Wildman–Crippen MR) is 112 cm³/mol. The quantitative estimate of drug-likeness (QED) is 0.736. The summed E-state index contributed by atoms with van der Waals surface area (Å²) in [6.45, 7) is 0.341. The summed E-state index contributed by atoms with van der Waals surface area (Å²) in [5.74, 6) is 1.79. The number of nitrogens with one attached hydrogen (secondary N) is 2. The molecule has 8 heteroatoms. The van der Waals surface area contributed by atoms with Crippen LogP contribution in [0.15, 0.2) is 30.3 Å². The molecule has 4 rings (SSSR count). The molecule has 2 aliphatic rings. The number of benzene rings is 2. The number of halogens is 1. The fourth-order valence-electron chi connectivity index (χ4n) is 3.84. The van der Waals surface area contributed by atoms with Crippen molar-refractivity contribution in [2.45, 2.75) is 31.4 Å². The first-order valence-corrected chi connectivity index (χ1v) is 10.1. The minimum absolute atomic E-state index is 0.0908. The molecule has 2 amide bonds. The van der Waals surface area contributed by atoms with Crippen molar-refractivity contribution >= 4 is 23.4 Å². The molecule has 158 valence electrons. The number of carbonyl (C=O) groups excluding carboxylic acids is 2. The molecule has 1 fully saturated rings. The molecular formula is C22H23ClN2O5. The van der Waals surface area contributed by atoms with Gasteiger partial charge in [-0.3, -0.25) is 9.59 Å². The maximum atomic E-state index is 12.2. The number of hydrogen-bond acceptors (Lipinski definition) is 5. The van der Waals surface area contributed by atoms with E-state index in [0.717, 1.165) is 22.4 Å². The molecule has 0 saturated carbocycles. The summed E-state index contributed by atoms with van der Waals surface area (Å²) < 4.78 is 16.8. The highest BCUT2D eigenvalue weighted by atomic mass is 35.5. The van der Waals surface area contributed by atoms with Crippen molar-refractivity contribution in [2.24, 2.45) is 0 Å². The monoisotopic (exact) mass is 430 g/mol. The molecule has 2 aromatic rings. The third-order valence-corrected chi connectivity index (χ3v) is 5.67. The number of rotatable bonds is 6. The Hall–Kier alpha value is -2.93. The van der Waals surface area contributed by atoms with E-state index in [1.807, 2.05) is 30.3 Å². The highest BCUT2D eigenvalue weighted by molar-refractivity contribution is 6.32.